The van der Waals surface area contributed by atoms with Crippen molar-refractivity contribution in [2.45, 2.75) is 13.0 Å². The van der Waals surface area contributed by atoms with Crippen molar-refractivity contribution >= 4 is 5.91 Å². The fourth-order valence-electron chi connectivity index (χ4n) is 2.03. The van der Waals surface area contributed by atoms with E-state index in [0.717, 1.165) is 18.2 Å². The van der Waals surface area contributed by atoms with Crippen molar-refractivity contribution in [1.29, 1.82) is 0 Å². The third kappa shape index (κ3) is 3.46. The Labute approximate surface area is 125 Å². The standard InChI is InChI=1S/C16H14F3NO2/c1-9-5-6-11(17)10(7-9)16(22)20-8-14(21)15-12(18)3-2-4-13(15)19/h2-7,14,21H,8H2,1H3,(H,20,22). The first-order chi connectivity index (χ1) is 10.4. The van der Waals surface area contributed by atoms with Gasteiger partial charge in [0.05, 0.1) is 11.1 Å². The zero-order valence-corrected chi connectivity index (χ0v) is 11.7. The highest BCUT2D eigenvalue weighted by Crippen LogP contribution is 2.20. The predicted octanol–water partition coefficient (Wildman–Crippen LogP) is 2.88. The van der Waals surface area contributed by atoms with E-state index in [1.807, 2.05) is 0 Å². The lowest BCUT2D eigenvalue weighted by atomic mass is 10.1. The van der Waals surface area contributed by atoms with Crippen LogP contribution in [0.4, 0.5) is 13.2 Å². The molecule has 0 saturated carbocycles. The summed E-state index contributed by atoms with van der Waals surface area (Å²) in [4.78, 5) is 11.9. The topological polar surface area (TPSA) is 49.3 Å². The van der Waals surface area contributed by atoms with Crippen LogP contribution in [0.15, 0.2) is 36.4 Å². The van der Waals surface area contributed by atoms with E-state index in [2.05, 4.69) is 5.32 Å². The first kappa shape index (κ1) is 16.0. The van der Waals surface area contributed by atoms with E-state index >= 15 is 0 Å². The molecule has 0 heterocycles. The predicted molar refractivity (Wildman–Crippen MR) is 74.8 cm³/mol. The molecule has 2 N–H and O–H groups in total. The summed E-state index contributed by atoms with van der Waals surface area (Å²) in [5.74, 6) is -3.31. The lowest BCUT2D eigenvalue weighted by Crippen LogP contribution is -2.29. The molecule has 0 aromatic heterocycles. The molecule has 2 rings (SSSR count). The lowest BCUT2D eigenvalue weighted by molar-refractivity contribution is 0.0907. The van der Waals surface area contributed by atoms with Crippen molar-refractivity contribution in [3.05, 3.63) is 70.5 Å². The summed E-state index contributed by atoms with van der Waals surface area (Å²) in [6.07, 6.45) is -1.57. The van der Waals surface area contributed by atoms with Gasteiger partial charge in [-0.25, -0.2) is 13.2 Å². The molecule has 0 fully saturated rings. The van der Waals surface area contributed by atoms with Crippen LogP contribution in [0.25, 0.3) is 0 Å². The second kappa shape index (κ2) is 6.62. The molecule has 1 unspecified atom stereocenters. The summed E-state index contributed by atoms with van der Waals surface area (Å²) in [6, 6.07) is 7.18. The Morgan fingerprint density at radius 1 is 1.14 bits per heavy atom. The third-order valence-corrected chi connectivity index (χ3v) is 3.16. The van der Waals surface area contributed by atoms with Crippen LogP contribution in [-0.2, 0) is 0 Å². The SMILES string of the molecule is Cc1ccc(F)c(C(=O)NCC(O)c2c(F)cccc2F)c1. The van der Waals surface area contributed by atoms with E-state index in [0.29, 0.717) is 5.56 Å². The van der Waals surface area contributed by atoms with Crippen molar-refractivity contribution in [1.82, 2.24) is 5.32 Å². The molecule has 0 bridgehead atoms. The molecule has 0 aliphatic carbocycles. The average molecular weight is 309 g/mol. The van der Waals surface area contributed by atoms with Crippen LogP contribution in [0, 0.1) is 24.4 Å². The fourth-order valence-corrected chi connectivity index (χ4v) is 2.03. The quantitative estimate of drug-likeness (QED) is 0.912. The molecule has 0 radical (unpaired) electrons. The number of carbonyl (C=O) groups excluding carboxylic acids is 1. The molecule has 2 aromatic rings. The zero-order chi connectivity index (χ0) is 16.3. The number of hydrogen-bond donors (Lipinski definition) is 2. The van der Waals surface area contributed by atoms with Crippen LogP contribution >= 0.6 is 0 Å². The minimum atomic E-state index is -1.57. The van der Waals surface area contributed by atoms with E-state index in [1.54, 1.807) is 6.92 Å². The van der Waals surface area contributed by atoms with Gasteiger partial charge in [-0.15, -0.1) is 0 Å². The van der Waals surface area contributed by atoms with Gasteiger partial charge in [-0.05, 0) is 31.2 Å². The zero-order valence-electron chi connectivity index (χ0n) is 11.7. The molecular formula is C16H14F3NO2. The van der Waals surface area contributed by atoms with Gasteiger partial charge in [0.15, 0.2) is 0 Å². The third-order valence-electron chi connectivity index (χ3n) is 3.16. The van der Waals surface area contributed by atoms with Crippen LogP contribution in [0.5, 0.6) is 0 Å². The van der Waals surface area contributed by atoms with Gasteiger partial charge in [-0.2, -0.15) is 0 Å². The minimum absolute atomic E-state index is 0.193. The molecule has 3 nitrogen and oxygen atoms in total. The molecule has 0 saturated heterocycles. The Bertz CT molecular complexity index is 684. The number of benzene rings is 2. The fraction of sp³-hybridized carbons (Fsp3) is 0.188. The Hall–Kier alpha value is -2.34. The maximum absolute atomic E-state index is 13.6. The van der Waals surface area contributed by atoms with E-state index < -0.39 is 41.6 Å². The molecular weight excluding hydrogens is 295 g/mol. The summed E-state index contributed by atoms with van der Waals surface area (Å²) in [7, 11) is 0. The first-order valence-corrected chi connectivity index (χ1v) is 6.56. The van der Waals surface area contributed by atoms with Gasteiger partial charge in [0.25, 0.3) is 5.91 Å². The summed E-state index contributed by atoms with van der Waals surface area (Å²) >= 11 is 0. The van der Waals surface area contributed by atoms with Gasteiger partial charge in [0.2, 0.25) is 0 Å². The number of halogens is 3. The second-order valence-corrected chi connectivity index (χ2v) is 4.84. The van der Waals surface area contributed by atoms with Crippen LogP contribution in [-0.4, -0.2) is 17.6 Å². The molecule has 116 valence electrons. The molecule has 22 heavy (non-hydrogen) atoms. The number of nitrogens with one attached hydrogen (secondary N) is 1. The van der Waals surface area contributed by atoms with E-state index in [1.165, 1.54) is 18.2 Å². The van der Waals surface area contributed by atoms with Gasteiger partial charge in [-0.3, -0.25) is 4.79 Å². The number of aryl methyl sites for hydroxylation is 1. The molecule has 0 spiro atoms. The molecule has 1 atom stereocenters. The highest BCUT2D eigenvalue weighted by Gasteiger charge is 2.19. The summed E-state index contributed by atoms with van der Waals surface area (Å²) < 4.78 is 40.5. The van der Waals surface area contributed by atoms with Crippen molar-refractivity contribution in [2.24, 2.45) is 0 Å². The van der Waals surface area contributed by atoms with Crippen molar-refractivity contribution in [2.75, 3.05) is 6.54 Å². The van der Waals surface area contributed by atoms with Crippen LogP contribution in [0.2, 0.25) is 0 Å². The van der Waals surface area contributed by atoms with Gasteiger partial charge >= 0.3 is 0 Å². The Morgan fingerprint density at radius 2 is 1.77 bits per heavy atom. The Kier molecular flexibility index (Phi) is 4.82. The molecule has 2 aromatic carbocycles. The summed E-state index contributed by atoms with van der Waals surface area (Å²) in [5.41, 5.74) is -0.0408. The number of aliphatic hydroxyl groups excluding tert-OH is 1. The Morgan fingerprint density at radius 3 is 2.41 bits per heavy atom. The minimum Gasteiger partial charge on any atom is -0.386 e. The maximum atomic E-state index is 13.6. The van der Waals surface area contributed by atoms with Crippen LogP contribution < -0.4 is 5.32 Å². The molecule has 1 amide bonds. The largest absolute Gasteiger partial charge is 0.386 e. The summed E-state index contributed by atoms with van der Waals surface area (Å²) in [6.45, 7) is 1.25. The number of hydrogen-bond acceptors (Lipinski definition) is 2. The monoisotopic (exact) mass is 309 g/mol. The van der Waals surface area contributed by atoms with E-state index in [4.69, 9.17) is 0 Å². The number of carbonyl (C=O) groups is 1. The highest BCUT2D eigenvalue weighted by molar-refractivity contribution is 5.94. The van der Waals surface area contributed by atoms with Gasteiger partial charge in [-0.1, -0.05) is 17.7 Å². The highest BCUT2D eigenvalue weighted by atomic mass is 19.1. The molecule has 0 aliphatic rings. The summed E-state index contributed by atoms with van der Waals surface area (Å²) in [5, 5.41) is 12.1. The second-order valence-electron chi connectivity index (χ2n) is 4.84. The first-order valence-electron chi connectivity index (χ1n) is 6.56. The van der Waals surface area contributed by atoms with Gasteiger partial charge in [0, 0.05) is 6.54 Å². The maximum Gasteiger partial charge on any atom is 0.254 e. The normalized spacial score (nSPS) is 12.0. The Balaban J connectivity index is 2.09. The number of aliphatic hydroxyl groups is 1. The smallest absolute Gasteiger partial charge is 0.254 e. The lowest BCUT2D eigenvalue weighted by Gasteiger charge is -2.14. The van der Waals surface area contributed by atoms with Gasteiger partial charge < -0.3 is 10.4 Å². The van der Waals surface area contributed by atoms with Crippen LogP contribution in [0.1, 0.15) is 27.6 Å². The van der Waals surface area contributed by atoms with E-state index in [9.17, 15) is 23.1 Å². The van der Waals surface area contributed by atoms with Gasteiger partial charge in [0.1, 0.15) is 23.6 Å². The van der Waals surface area contributed by atoms with Crippen molar-refractivity contribution in [3.63, 3.8) is 0 Å². The molecule has 0 aliphatic heterocycles. The van der Waals surface area contributed by atoms with E-state index in [-0.39, 0.29) is 5.56 Å². The van der Waals surface area contributed by atoms with Crippen molar-refractivity contribution < 1.29 is 23.1 Å². The molecule has 6 heteroatoms. The average Bonchev–Trinajstić information content (AvgIpc) is 2.47. The number of amides is 1. The van der Waals surface area contributed by atoms with Crippen LogP contribution in [0.3, 0.4) is 0 Å². The van der Waals surface area contributed by atoms with Crippen molar-refractivity contribution in [3.8, 4) is 0 Å². The number of rotatable bonds is 4.